The first-order valence-corrected chi connectivity index (χ1v) is 6.83. The normalized spacial score (nSPS) is 17.6. The zero-order valence-corrected chi connectivity index (χ0v) is 10.2. The third-order valence-electron chi connectivity index (χ3n) is 3.11. The van der Waals surface area contributed by atoms with Gasteiger partial charge < -0.3 is 5.73 Å². The second-order valence-corrected chi connectivity index (χ2v) is 5.62. The summed E-state index contributed by atoms with van der Waals surface area (Å²) in [5.41, 5.74) is 6.58. The fraction of sp³-hybridized carbons (Fsp3) is 0.538. The van der Waals surface area contributed by atoms with Gasteiger partial charge in [0.05, 0.1) is 0 Å². The molecule has 0 amide bonds. The van der Waals surface area contributed by atoms with E-state index in [1.54, 1.807) is 17.8 Å². The topological polar surface area (TPSA) is 26.0 Å². The third-order valence-corrected chi connectivity index (χ3v) is 4.60. The average molecular weight is 239 g/mol. The van der Waals surface area contributed by atoms with E-state index in [1.165, 1.54) is 38.2 Å². The van der Waals surface area contributed by atoms with Gasteiger partial charge in [0.15, 0.2) is 0 Å². The molecule has 0 atom stereocenters. The van der Waals surface area contributed by atoms with E-state index < -0.39 is 0 Å². The van der Waals surface area contributed by atoms with E-state index in [0.717, 1.165) is 10.5 Å². The van der Waals surface area contributed by atoms with Gasteiger partial charge in [-0.05, 0) is 24.5 Å². The maximum Gasteiger partial charge on any atom is 0.137 e. The molecule has 0 saturated heterocycles. The van der Waals surface area contributed by atoms with Crippen LogP contribution in [0.15, 0.2) is 23.1 Å². The van der Waals surface area contributed by atoms with Crippen LogP contribution in [0.2, 0.25) is 0 Å². The van der Waals surface area contributed by atoms with E-state index >= 15 is 0 Å². The van der Waals surface area contributed by atoms with Crippen molar-refractivity contribution in [1.82, 2.24) is 0 Å². The van der Waals surface area contributed by atoms with Gasteiger partial charge in [0.2, 0.25) is 0 Å². The number of nitrogens with two attached hydrogens (primary N) is 1. The minimum Gasteiger partial charge on any atom is -0.326 e. The Balaban J connectivity index is 2.12. The summed E-state index contributed by atoms with van der Waals surface area (Å²) in [5.74, 6) is -0.112. The predicted molar refractivity (Wildman–Crippen MR) is 67.0 cm³/mol. The highest BCUT2D eigenvalue weighted by atomic mass is 32.2. The van der Waals surface area contributed by atoms with Crippen LogP contribution in [0.3, 0.4) is 0 Å². The van der Waals surface area contributed by atoms with Crippen LogP contribution >= 0.6 is 11.8 Å². The van der Waals surface area contributed by atoms with Crippen LogP contribution in [0.1, 0.15) is 37.7 Å². The quantitative estimate of drug-likeness (QED) is 0.870. The number of rotatable bonds is 3. The largest absolute Gasteiger partial charge is 0.326 e. The van der Waals surface area contributed by atoms with Crippen LogP contribution in [0.4, 0.5) is 4.39 Å². The summed E-state index contributed by atoms with van der Waals surface area (Å²) in [6.45, 7) is 0.423. The smallest absolute Gasteiger partial charge is 0.137 e. The van der Waals surface area contributed by atoms with Crippen LogP contribution in [0.5, 0.6) is 0 Å². The summed E-state index contributed by atoms with van der Waals surface area (Å²) in [7, 11) is 0. The summed E-state index contributed by atoms with van der Waals surface area (Å²) in [6, 6.07) is 5.20. The predicted octanol–water partition coefficient (Wildman–Crippen LogP) is 3.71. The highest BCUT2D eigenvalue weighted by molar-refractivity contribution is 8.00. The second kappa shape index (κ2) is 5.69. The molecule has 3 heteroatoms. The number of hydrogen-bond acceptors (Lipinski definition) is 2. The lowest BCUT2D eigenvalue weighted by molar-refractivity contribution is 0.514. The summed E-state index contributed by atoms with van der Waals surface area (Å²) in [4.78, 5) is 0.775. The minimum atomic E-state index is -0.112. The molecule has 1 saturated carbocycles. The molecule has 0 unspecified atom stereocenters. The Labute approximate surface area is 101 Å². The lowest BCUT2D eigenvalue weighted by atomic mass is 10.0. The van der Waals surface area contributed by atoms with Crippen molar-refractivity contribution in [1.29, 1.82) is 0 Å². The van der Waals surface area contributed by atoms with E-state index in [2.05, 4.69) is 0 Å². The highest BCUT2D eigenvalue weighted by Crippen LogP contribution is 2.36. The number of benzene rings is 1. The molecule has 1 aliphatic carbocycles. The standard InChI is InChI=1S/C13H18FNS/c14-12-8-4-5-10(9-15)13(12)16-11-6-2-1-3-7-11/h4-5,8,11H,1-3,6-7,9,15H2. The highest BCUT2D eigenvalue weighted by Gasteiger charge is 2.18. The van der Waals surface area contributed by atoms with Gasteiger partial charge in [0.25, 0.3) is 0 Å². The third kappa shape index (κ3) is 2.77. The molecule has 0 aliphatic heterocycles. The van der Waals surface area contributed by atoms with Crippen molar-refractivity contribution >= 4 is 11.8 Å². The molecular formula is C13H18FNS. The van der Waals surface area contributed by atoms with E-state index in [9.17, 15) is 4.39 Å². The summed E-state index contributed by atoms with van der Waals surface area (Å²) >= 11 is 1.69. The van der Waals surface area contributed by atoms with Crippen LogP contribution in [0, 0.1) is 5.82 Å². The van der Waals surface area contributed by atoms with E-state index in [-0.39, 0.29) is 5.82 Å². The van der Waals surface area contributed by atoms with Crippen LogP contribution in [-0.2, 0) is 6.54 Å². The Morgan fingerprint density at radius 2 is 2.00 bits per heavy atom. The SMILES string of the molecule is NCc1cccc(F)c1SC1CCCCC1. The van der Waals surface area contributed by atoms with Crippen molar-refractivity contribution in [3.8, 4) is 0 Å². The van der Waals surface area contributed by atoms with E-state index in [4.69, 9.17) is 5.73 Å². The maximum absolute atomic E-state index is 13.7. The van der Waals surface area contributed by atoms with Crippen molar-refractivity contribution in [2.75, 3.05) is 0 Å². The lowest BCUT2D eigenvalue weighted by Gasteiger charge is -2.22. The van der Waals surface area contributed by atoms with E-state index in [1.807, 2.05) is 6.07 Å². The van der Waals surface area contributed by atoms with Crippen molar-refractivity contribution < 1.29 is 4.39 Å². The fourth-order valence-corrected chi connectivity index (χ4v) is 3.58. The molecule has 88 valence electrons. The monoisotopic (exact) mass is 239 g/mol. The van der Waals surface area contributed by atoms with Crippen molar-refractivity contribution in [3.63, 3.8) is 0 Å². The molecule has 1 nitrogen and oxygen atoms in total. The van der Waals surface area contributed by atoms with Gasteiger partial charge in [-0.3, -0.25) is 0 Å². The summed E-state index contributed by atoms with van der Waals surface area (Å²) in [5, 5.41) is 0.580. The Kier molecular flexibility index (Phi) is 4.24. The van der Waals surface area contributed by atoms with Crippen molar-refractivity contribution in [2.45, 2.75) is 48.8 Å². The molecule has 0 spiro atoms. The average Bonchev–Trinajstić information content (AvgIpc) is 2.33. The number of halogens is 1. The van der Waals surface area contributed by atoms with Gasteiger partial charge in [-0.2, -0.15) is 0 Å². The van der Waals surface area contributed by atoms with Gasteiger partial charge in [-0.25, -0.2) is 4.39 Å². The van der Waals surface area contributed by atoms with Crippen molar-refractivity contribution in [3.05, 3.63) is 29.6 Å². The van der Waals surface area contributed by atoms with Gasteiger partial charge in [-0.15, -0.1) is 11.8 Å². The molecule has 1 fully saturated rings. The van der Waals surface area contributed by atoms with Gasteiger partial charge in [0, 0.05) is 16.7 Å². The number of hydrogen-bond donors (Lipinski definition) is 1. The molecule has 1 aromatic rings. The molecule has 1 aliphatic rings. The molecule has 16 heavy (non-hydrogen) atoms. The van der Waals surface area contributed by atoms with Gasteiger partial charge >= 0.3 is 0 Å². The molecule has 2 N–H and O–H groups in total. The zero-order chi connectivity index (χ0) is 11.4. The molecule has 0 heterocycles. The molecule has 0 aromatic heterocycles. The van der Waals surface area contributed by atoms with Crippen molar-refractivity contribution in [2.24, 2.45) is 5.73 Å². The maximum atomic E-state index is 13.7. The fourth-order valence-electron chi connectivity index (χ4n) is 2.20. The summed E-state index contributed by atoms with van der Waals surface area (Å²) < 4.78 is 13.7. The Bertz CT molecular complexity index is 348. The van der Waals surface area contributed by atoms with Gasteiger partial charge in [-0.1, -0.05) is 31.4 Å². The molecule has 2 rings (SSSR count). The first-order chi connectivity index (χ1) is 7.81. The minimum absolute atomic E-state index is 0.112. The van der Waals surface area contributed by atoms with Crippen LogP contribution in [-0.4, -0.2) is 5.25 Å². The lowest BCUT2D eigenvalue weighted by Crippen LogP contribution is -2.09. The molecular weight excluding hydrogens is 221 g/mol. The van der Waals surface area contributed by atoms with Crippen LogP contribution < -0.4 is 5.73 Å². The first kappa shape index (κ1) is 11.9. The number of thioether (sulfide) groups is 1. The Morgan fingerprint density at radius 1 is 1.25 bits per heavy atom. The molecule has 0 radical (unpaired) electrons. The summed E-state index contributed by atoms with van der Waals surface area (Å²) in [6.07, 6.45) is 6.32. The Hall–Kier alpha value is -0.540. The molecule has 1 aromatic carbocycles. The van der Waals surface area contributed by atoms with Gasteiger partial charge in [0.1, 0.15) is 5.82 Å². The first-order valence-electron chi connectivity index (χ1n) is 5.95. The second-order valence-electron chi connectivity index (χ2n) is 4.31. The zero-order valence-electron chi connectivity index (χ0n) is 9.42. The Morgan fingerprint density at radius 3 is 2.69 bits per heavy atom. The molecule has 0 bridgehead atoms. The van der Waals surface area contributed by atoms with E-state index in [0.29, 0.717) is 11.8 Å². The van der Waals surface area contributed by atoms with Crippen LogP contribution in [0.25, 0.3) is 0 Å².